The number of methoxy groups -OCH3 is 1. The van der Waals surface area contributed by atoms with Gasteiger partial charge >= 0.3 is 5.97 Å². The standard InChI is InChI=1S/C33H34N2O5/c1-21(2)25-13-15-27(16-14-25)35-23(4)31(33(38)39-5)29(32(35)37)19-24-11-17-28(18-12-24)40-20-30(36)34-22(3)26-9-7-6-8-10-26/h6-19,21-22H,20H2,1-5H3,(H,34,36)/b29-19-/t22-/m1/s1. The van der Waals surface area contributed by atoms with Crippen LogP contribution in [0.5, 0.6) is 5.75 Å². The fourth-order valence-corrected chi connectivity index (χ4v) is 4.58. The van der Waals surface area contributed by atoms with Crippen molar-refractivity contribution in [2.24, 2.45) is 0 Å². The molecule has 1 aliphatic rings. The molecule has 7 nitrogen and oxygen atoms in total. The maximum Gasteiger partial charge on any atom is 0.340 e. The van der Waals surface area contributed by atoms with Gasteiger partial charge in [-0.3, -0.25) is 14.5 Å². The zero-order chi connectivity index (χ0) is 28.8. The number of ether oxygens (including phenoxy) is 2. The van der Waals surface area contributed by atoms with E-state index in [4.69, 9.17) is 9.47 Å². The summed E-state index contributed by atoms with van der Waals surface area (Å²) in [4.78, 5) is 40.1. The highest BCUT2D eigenvalue weighted by Crippen LogP contribution is 2.36. The van der Waals surface area contributed by atoms with Gasteiger partial charge in [-0.2, -0.15) is 0 Å². The molecule has 0 saturated heterocycles. The molecule has 0 saturated carbocycles. The van der Waals surface area contributed by atoms with Crippen LogP contribution in [0, 0.1) is 0 Å². The minimum absolute atomic E-state index is 0.130. The Morgan fingerprint density at radius 1 is 0.900 bits per heavy atom. The lowest BCUT2D eigenvalue weighted by Crippen LogP contribution is -2.31. The van der Waals surface area contributed by atoms with Gasteiger partial charge in [0.25, 0.3) is 11.8 Å². The first-order valence-corrected chi connectivity index (χ1v) is 13.2. The van der Waals surface area contributed by atoms with E-state index < -0.39 is 5.97 Å². The summed E-state index contributed by atoms with van der Waals surface area (Å²) in [6, 6.07) is 24.3. The molecule has 206 valence electrons. The third kappa shape index (κ3) is 6.31. The number of allylic oxidation sites excluding steroid dienone is 1. The monoisotopic (exact) mass is 538 g/mol. The third-order valence-corrected chi connectivity index (χ3v) is 6.85. The Bertz CT molecular complexity index is 1440. The Labute approximate surface area is 235 Å². The van der Waals surface area contributed by atoms with Crippen molar-refractivity contribution < 1.29 is 23.9 Å². The molecule has 4 rings (SSSR count). The van der Waals surface area contributed by atoms with Gasteiger partial charge in [0.15, 0.2) is 6.61 Å². The predicted molar refractivity (Wildman–Crippen MR) is 156 cm³/mol. The molecule has 3 aromatic carbocycles. The fraction of sp³-hybridized carbons (Fsp3) is 0.242. The number of anilines is 1. The zero-order valence-corrected chi connectivity index (χ0v) is 23.4. The molecule has 1 atom stereocenters. The van der Waals surface area contributed by atoms with Crippen LogP contribution in [0.2, 0.25) is 0 Å². The zero-order valence-electron chi connectivity index (χ0n) is 23.4. The molecular weight excluding hydrogens is 504 g/mol. The third-order valence-electron chi connectivity index (χ3n) is 6.85. The largest absolute Gasteiger partial charge is 0.484 e. The lowest BCUT2D eigenvalue weighted by molar-refractivity contribution is -0.136. The lowest BCUT2D eigenvalue weighted by Gasteiger charge is -2.19. The van der Waals surface area contributed by atoms with Crippen LogP contribution in [0.15, 0.2) is 95.7 Å². The molecule has 1 heterocycles. The molecule has 0 bridgehead atoms. The Hall–Kier alpha value is -4.65. The molecule has 0 aromatic heterocycles. The molecule has 0 aliphatic carbocycles. The van der Waals surface area contributed by atoms with Gasteiger partial charge in [0, 0.05) is 11.4 Å². The number of carbonyl (C=O) groups is 3. The Balaban J connectivity index is 1.48. The van der Waals surface area contributed by atoms with Gasteiger partial charge in [0.05, 0.1) is 24.3 Å². The van der Waals surface area contributed by atoms with Crippen molar-refractivity contribution in [1.29, 1.82) is 0 Å². The van der Waals surface area contributed by atoms with Gasteiger partial charge < -0.3 is 14.8 Å². The van der Waals surface area contributed by atoms with E-state index in [-0.39, 0.29) is 35.6 Å². The van der Waals surface area contributed by atoms with Crippen molar-refractivity contribution in [3.8, 4) is 5.75 Å². The summed E-state index contributed by atoms with van der Waals surface area (Å²) in [6.07, 6.45) is 1.67. The topological polar surface area (TPSA) is 84.9 Å². The molecule has 40 heavy (non-hydrogen) atoms. The molecular formula is C33H34N2O5. The van der Waals surface area contributed by atoms with E-state index in [1.54, 1.807) is 37.3 Å². The van der Waals surface area contributed by atoms with E-state index in [1.165, 1.54) is 12.0 Å². The van der Waals surface area contributed by atoms with Crippen LogP contribution in [0.3, 0.4) is 0 Å². The molecule has 0 unspecified atom stereocenters. The van der Waals surface area contributed by atoms with E-state index >= 15 is 0 Å². The summed E-state index contributed by atoms with van der Waals surface area (Å²) in [7, 11) is 1.30. The SMILES string of the molecule is COC(=O)C1=C(C)N(c2ccc(C(C)C)cc2)C(=O)/C1=C\c1ccc(OCC(=O)N[C@H](C)c2ccccc2)cc1. The van der Waals surface area contributed by atoms with Crippen LogP contribution < -0.4 is 15.0 Å². The Kier molecular flexibility index (Phi) is 8.84. The number of rotatable bonds is 9. The second-order valence-electron chi connectivity index (χ2n) is 9.95. The van der Waals surface area contributed by atoms with Crippen molar-refractivity contribution in [2.45, 2.75) is 39.7 Å². The first-order chi connectivity index (χ1) is 19.2. The van der Waals surface area contributed by atoms with Gasteiger partial charge in [0.2, 0.25) is 0 Å². The van der Waals surface area contributed by atoms with E-state index in [2.05, 4.69) is 19.2 Å². The minimum atomic E-state index is -0.575. The van der Waals surface area contributed by atoms with Gasteiger partial charge in [-0.25, -0.2) is 4.79 Å². The van der Waals surface area contributed by atoms with E-state index in [9.17, 15) is 14.4 Å². The van der Waals surface area contributed by atoms with Crippen molar-refractivity contribution in [3.05, 3.63) is 112 Å². The molecule has 2 amide bonds. The molecule has 0 fully saturated rings. The number of benzene rings is 3. The summed E-state index contributed by atoms with van der Waals surface area (Å²) < 4.78 is 10.7. The molecule has 0 spiro atoms. The molecule has 7 heteroatoms. The van der Waals surface area contributed by atoms with Crippen LogP contribution in [-0.2, 0) is 19.1 Å². The maximum absolute atomic E-state index is 13.5. The van der Waals surface area contributed by atoms with Crippen molar-refractivity contribution >= 4 is 29.5 Å². The number of carbonyl (C=O) groups excluding carboxylic acids is 3. The highest BCUT2D eigenvalue weighted by molar-refractivity contribution is 6.23. The van der Waals surface area contributed by atoms with Crippen LogP contribution in [-0.4, -0.2) is 31.5 Å². The smallest absolute Gasteiger partial charge is 0.340 e. The Morgan fingerprint density at radius 3 is 2.15 bits per heavy atom. The van der Waals surface area contributed by atoms with E-state index in [0.717, 1.165) is 11.1 Å². The van der Waals surface area contributed by atoms with Crippen molar-refractivity contribution in [1.82, 2.24) is 5.32 Å². The number of amides is 2. The minimum Gasteiger partial charge on any atom is -0.484 e. The second kappa shape index (κ2) is 12.5. The second-order valence-corrected chi connectivity index (χ2v) is 9.95. The summed E-state index contributed by atoms with van der Waals surface area (Å²) in [5.74, 6) is -0.243. The number of hydrogen-bond donors (Lipinski definition) is 1. The quantitative estimate of drug-likeness (QED) is 0.269. The average molecular weight is 539 g/mol. The summed E-state index contributed by atoms with van der Waals surface area (Å²) >= 11 is 0. The molecule has 0 radical (unpaired) electrons. The molecule has 1 N–H and O–H groups in total. The number of nitrogens with zero attached hydrogens (tertiary/aromatic N) is 1. The number of nitrogens with one attached hydrogen (secondary N) is 1. The number of hydrogen-bond acceptors (Lipinski definition) is 5. The highest BCUT2D eigenvalue weighted by atomic mass is 16.5. The highest BCUT2D eigenvalue weighted by Gasteiger charge is 2.37. The fourth-order valence-electron chi connectivity index (χ4n) is 4.58. The molecule has 1 aliphatic heterocycles. The van der Waals surface area contributed by atoms with Gasteiger partial charge in [-0.05, 0) is 66.8 Å². The Morgan fingerprint density at radius 2 is 1.55 bits per heavy atom. The summed E-state index contributed by atoms with van der Waals surface area (Å²) in [6.45, 7) is 7.74. The summed E-state index contributed by atoms with van der Waals surface area (Å²) in [5.41, 5.74) is 4.54. The van der Waals surface area contributed by atoms with E-state index in [1.807, 2.05) is 61.5 Å². The first-order valence-electron chi connectivity index (χ1n) is 13.2. The van der Waals surface area contributed by atoms with Crippen LogP contribution in [0.1, 0.15) is 56.3 Å². The first kappa shape index (κ1) is 28.4. The van der Waals surface area contributed by atoms with Crippen LogP contribution in [0.4, 0.5) is 5.69 Å². The van der Waals surface area contributed by atoms with Crippen LogP contribution in [0.25, 0.3) is 6.08 Å². The van der Waals surface area contributed by atoms with Gasteiger partial charge in [-0.1, -0.05) is 68.4 Å². The van der Waals surface area contributed by atoms with Crippen LogP contribution >= 0.6 is 0 Å². The van der Waals surface area contributed by atoms with Crippen molar-refractivity contribution in [3.63, 3.8) is 0 Å². The average Bonchev–Trinajstić information content (AvgIpc) is 3.21. The predicted octanol–water partition coefficient (Wildman–Crippen LogP) is 5.94. The molecule has 3 aromatic rings. The summed E-state index contributed by atoms with van der Waals surface area (Å²) in [5, 5.41) is 2.92. The lowest BCUT2D eigenvalue weighted by atomic mass is 10.0. The number of esters is 1. The van der Waals surface area contributed by atoms with Gasteiger partial charge in [0.1, 0.15) is 5.75 Å². The van der Waals surface area contributed by atoms with Crippen molar-refractivity contribution in [2.75, 3.05) is 18.6 Å². The maximum atomic E-state index is 13.5. The normalized spacial score (nSPS) is 15.0. The van der Waals surface area contributed by atoms with E-state index in [0.29, 0.717) is 28.6 Å². The van der Waals surface area contributed by atoms with Gasteiger partial charge in [-0.15, -0.1) is 0 Å².